The van der Waals surface area contributed by atoms with E-state index in [1.165, 1.54) is 10.4 Å². The lowest BCUT2D eigenvalue weighted by molar-refractivity contribution is 0.0393. The Morgan fingerprint density at radius 1 is 1.21 bits per heavy atom. The van der Waals surface area contributed by atoms with E-state index in [4.69, 9.17) is 4.74 Å². The molecule has 1 atom stereocenters. The molecule has 136 valence electrons. The van der Waals surface area contributed by atoms with Crippen molar-refractivity contribution in [1.29, 1.82) is 0 Å². The van der Waals surface area contributed by atoms with Gasteiger partial charge in [0.1, 0.15) is 0 Å². The Hall–Kier alpha value is -1.00. The summed E-state index contributed by atoms with van der Waals surface area (Å²) in [6.07, 6.45) is 0. The lowest BCUT2D eigenvalue weighted by Crippen LogP contribution is -2.49. The minimum Gasteiger partial charge on any atom is -0.378 e. The van der Waals surface area contributed by atoms with Crippen LogP contribution >= 0.6 is 0 Å². The molecular formula is C15H24N2O5S2. The van der Waals surface area contributed by atoms with Gasteiger partial charge in [0, 0.05) is 19.1 Å². The Bertz CT molecular complexity index is 790. The van der Waals surface area contributed by atoms with Crippen LogP contribution in [0, 0.1) is 13.8 Å². The minimum atomic E-state index is -3.72. The highest BCUT2D eigenvalue weighted by molar-refractivity contribution is 7.90. The molecule has 0 spiro atoms. The molecule has 24 heavy (non-hydrogen) atoms. The second kappa shape index (κ2) is 7.49. The first-order chi connectivity index (χ1) is 11.1. The molecule has 1 aliphatic rings. The number of aryl methyl sites for hydroxylation is 2. The normalized spacial score (nSPS) is 20.2. The first-order valence-corrected chi connectivity index (χ1v) is 10.9. The highest BCUT2D eigenvalue weighted by Gasteiger charge is 2.30. The van der Waals surface area contributed by atoms with Crippen LogP contribution in [-0.4, -0.2) is 59.2 Å². The van der Waals surface area contributed by atoms with Crippen molar-refractivity contribution in [3.63, 3.8) is 0 Å². The second-order valence-electron chi connectivity index (χ2n) is 5.99. The summed E-state index contributed by atoms with van der Waals surface area (Å²) in [5.74, 6) is -0.276. The molecule has 1 saturated heterocycles. The zero-order chi connectivity index (χ0) is 18.0. The van der Waals surface area contributed by atoms with Gasteiger partial charge in [-0.2, -0.15) is 4.31 Å². The maximum absolute atomic E-state index is 12.4. The van der Waals surface area contributed by atoms with Crippen molar-refractivity contribution in [2.45, 2.75) is 31.7 Å². The van der Waals surface area contributed by atoms with E-state index in [1.54, 1.807) is 19.1 Å². The van der Waals surface area contributed by atoms with E-state index < -0.39 is 20.0 Å². The monoisotopic (exact) mass is 376 g/mol. The molecule has 1 N–H and O–H groups in total. The Morgan fingerprint density at radius 2 is 1.92 bits per heavy atom. The number of rotatable bonds is 6. The van der Waals surface area contributed by atoms with Crippen LogP contribution < -0.4 is 4.72 Å². The molecule has 7 nitrogen and oxygen atoms in total. The molecule has 0 bridgehead atoms. The van der Waals surface area contributed by atoms with Gasteiger partial charge in [-0.15, -0.1) is 0 Å². The van der Waals surface area contributed by atoms with Gasteiger partial charge in [0.25, 0.3) is 0 Å². The van der Waals surface area contributed by atoms with Gasteiger partial charge in [-0.05, 0) is 44.0 Å². The largest absolute Gasteiger partial charge is 0.378 e. The van der Waals surface area contributed by atoms with Crippen LogP contribution in [0.4, 0.5) is 0 Å². The summed E-state index contributed by atoms with van der Waals surface area (Å²) >= 11 is 0. The van der Waals surface area contributed by atoms with Crippen molar-refractivity contribution < 1.29 is 21.6 Å². The first kappa shape index (κ1) is 19.3. The van der Waals surface area contributed by atoms with Crippen molar-refractivity contribution in [1.82, 2.24) is 9.03 Å². The molecule has 0 saturated carbocycles. The Balaban J connectivity index is 2.00. The molecule has 9 heteroatoms. The average molecular weight is 377 g/mol. The molecule has 0 aromatic heterocycles. The van der Waals surface area contributed by atoms with Gasteiger partial charge < -0.3 is 4.74 Å². The fourth-order valence-electron chi connectivity index (χ4n) is 2.51. The fourth-order valence-corrected chi connectivity index (χ4v) is 5.31. The quantitative estimate of drug-likeness (QED) is 0.786. The number of hydrogen-bond acceptors (Lipinski definition) is 5. The number of sulfonamides is 2. The summed E-state index contributed by atoms with van der Waals surface area (Å²) in [7, 11) is -7.25. The number of benzene rings is 1. The fraction of sp³-hybridized carbons (Fsp3) is 0.600. The zero-order valence-corrected chi connectivity index (χ0v) is 15.8. The summed E-state index contributed by atoms with van der Waals surface area (Å²) in [4.78, 5) is 0.141. The summed E-state index contributed by atoms with van der Waals surface area (Å²) < 4.78 is 58.2. The second-order valence-corrected chi connectivity index (χ2v) is 9.80. The maximum Gasteiger partial charge on any atom is 0.240 e. The molecule has 0 amide bonds. The van der Waals surface area contributed by atoms with E-state index in [0.717, 1.165) is 11.1 Å². The van der Waals surface area contributed by atoms with Crippen molar-refractivity contribution >= 4 is 20.0 Å². The SMILES string of the molecule is Cc1ccc(S(=O)(=O)NCCS(=O)(=O)N2CCOCC2C)cc1C. The van der Waals surface area contributed by atoms with E-state index in [1.807, 2.05) is 13.8 Å². The van der Waals surface area contributed by atoms with Crippen LogP contribution in [0.5, 0.6) is 0 Å². The third-order valence-electron chi connectivity index (χ3n) is 4.10. The van der Waals surface area contributed by atoms with Crippen molar-refractivity contribution in [2.24, 2.45) is 0 Å². The molecular weight excluding hydrogens is 352 g/mol. The number of morpholine rings is 1. The van der Waals surface area contributed by atoms with Crippen LogP contribution in [0.1, 0.15) is 18.1 Å². The van der Waals surface area contributed by atoms with Gasteiger partial charge in [-0.1, -0.05) is 6.07 Å². The van der Waals surface area contributed by atoms with E-state index >= 15 is 0 Å². The third kappa shape index (κ3) is 4.54. The topological polar surface area (TPSA) is 92.8 Å². The highest BCUT2D eigenvalue weighted by Crippen LogP contribution is 2.15. The highest BCUT2D eigenvalue weighted by atomic mass is 32.2. The van der Waals surface area contributed by atoms with Gasteiger partial charge in [0.05, 0.1) is 23.9 Å². The van der Waals surface area contributed by atoms with Crippen molar-refractivity contribution in [2.75, 3.05) is 32.1 Å². The number of hydrogen-bond donors (Lipinski definition) is 1. The summed E-state index contributed by atoms with van der Waals surface area (Å²) in [6, 6.07) is 4.59. The molecule has 1 aliphatic heterocycles. The molecule has 0 radical (unpaired) electrons. The van der Waals surface area contributed by atoms with Gasteiger partial charge in [0.15, 0.2) is 0 Å². The Kier molecular flexibility index (Phi) is 6.03. The molecule has 0 aliphatic carbocycles. The van der Waals surface area contributed by atoms with E-state index in [2.05, 4.69) is 4.72 Å². The molecule has 1 fully saturated rings. The number of ether oxygens (including phenoxy) is 1. The maximum atomic E-state index is 12.4. The van der Waals surface area contributed by atoms with Crippen LogP contribution in [0.25, 0.3) is 0 Å². The van der Waals surface area contributed by atoms with Crippen molar-refractivity contribution in [3.05, 3.63) is 29.3 Å². The predicted octanol–water partition coefficient (Wildman–Crippen LogP) is 0.632. The van der Waals surface area contributed by atoms with Crippen LogP contribution in [0.2, 0.25) is 0 Å². The van der Waals surface area contributed by atoms with E-state index in [0.29, 0.717) is 19.8 Å². The number of nitrogens with zero attached hydrogens (tertiary/aromatic N) is 1. The van der Waals surface area contributed by atoms with E-state index in [-0.39, 0.29) is 23.2 Å². The Labute approximate surface area is 144 Å². The average Bonchev–Trinajstić information content (AvgIpc) is 2.49. The predicted molar refractivity (Wildman–Crippen MR) is 91.9 cm³/mol. The standard InChI is InChI=1S/C15H24N2O5S2/c1-12-4-5-15(10-13(12)2)24(20,21)16-6-9-23(18,19)17-7-8-22-11-14(17)3/h4-5,10,14,16H,6-9,11H2,1-3H3. The lowest BCUT2D eigenvalue weighted by atomic mass is 10.1. The molecule has 1 heterocycles. The summed E-state index contributed by atoms with van der Waals surface area (Å²) in [6.45, 7) is 6.35. The zero-order valence-electron chi connectivity index (χ0n) is 14.1. The summed E-state index contributed by atoms with van der Waals surface area (Å²) in [5, 5.41) is 0. The summed E-state index contributed by atoms with van der Waals surface area (Å²) in [5.41, 5.74) is 1.87. The third-order valence-corrected chi connectivity index (χ3v) is 7.54. The Morgan fingerprint density at radius 3 is 2.54 bits per heavy atom. The smallest absolute Gasteiger partial charge is 0.240 e. The van der Waals surface area contributed by atoms with Gasteiger partial charge in [-0.25, -0.2) is 21.6 Å². The van der Waals surface area contributed by atoms with Crippen LogP contribution in [0.3, 0.4) is 0 Å². The van der Waals surface area contributed by atoms with Gasteiger partial charge >= 0.3 is 0 Å². The van der Waals surface area contributed by atoms with Crippen LogP contribution in [-0.2, 0) is 24.8 Å². The lowest BCUT2D eigenvalue weighted by Gasteiger charge is -2.32. The molecule has 1 aromatic carbocycles. The minimum absolute atomic E-state index is 0.141. The number of nitrogens with one attached hydrogen (secondary N) is 1. The molecule has 1 unspecified atom stereocenters. The first-order valence-electron chi connectivity index (χ1n) is 7.78. The van der Waals surface area contributed by atoms with Gasteiger partial charge in [0.2, 0.25) is 20.0 Å². The van der Waals surface area contributed by atoms with E-state index in [9.17, 15) is 16.8 Å². The van der Waals surface area contributed by atoms with Crippen molar-refractivity contribution in [3.8, 4) is 0 Å². The molecule has 1 aromatic rings. The van der Waals surface area contributed by atoms with Gasteiger partial charge in [-0.3, -0.25) is 0 Å². The molecule has 2 rings (SSSR count). The van der Waals surface area contributed by atoms with Crippen LogP contribution in [0.15, 0.2) is 23.1 Å².